The number of ether oxygens (including phenoxy) is 2. The SMILES string of the molecule is Cc1ccccc1OCCOc1ccc(C=C(C#N)C(=O)Nc2nc(S(=O)(=O)C(C)C)ns2)cc1. The normalized spacial score (nSPS) is 11.7. The number of carbonyl (C=O) groups excluding carboxylic acids is 1. The summed E-state index contributed by atoms with van der Waals surface area (Å²) in [6, 6.07) is 16.4. The Bertz CT molecular complexity index is 1360. The molecular formula is C24H24N4O5S2. The second-order valence-corrected chi connectivity index (χ2v) is 10.8. The summed E-state index contributed by atoms with van der Waals surface area (Å²) < 4.78 is 39.4. The fourth-order valence-electron chi connectivity index (χ4n) is 2.76. The van der Waals surface area contributed by atoms with Gasteiger partial charge in [-0.1, -0.05) is 30.3 Å². The van der Waals surface area contributed by atoms with Gasteiger partial charge in [-0.25, -0.2) is 8.42 Å². The van der Waals surface area contributed by atoms with Crippen LogP contribution in [0.2, 0.25) is 0 Å². The summed E-state index contributed by atoms with van der Waals surface area (Å²) in [5.41, 5.74) is 1.49. The fourth-order valence-corrected chi connectivity index (χ4v) is 4.45. The number of rotatable bonds is 10. The maximum absolute atomic E-state index is 12.5. The van der Waals surface area contributed by atoms with Gasteiger partial charge in [-0.3, -0.25) is 10.1 Å². The quantitative estimate of drug-likeness (QED) is 0.245. The second-order valence-electron chi connectivity index (χ2n) is 7.63. The molecule has 35 heavy (non-hydrogen) atoms. The number of para-hydroxylation sites is 1. The molecule has 0 fully saturated rings. The second kappa shape index (κ2) is 11.6. The number of benzene rings is 2. The van der Waals surface area contributed by atoms with Crippen LogP contribution < -0.4 is 14.8 Å². The van der Waals surface area contributed by atoms with Crippen LogP contribution in [0.3, 0.4) is 0 Å². The first-order valence-corrected chi connectivity index (χ1v) is 12.9. The third-order valence-electron chi connectivity index (χ3n) is 4.76. The molecule has 1 aromatic heterocycles. The van der Waals surface area contributed by atoms with E-state index < -0.39 is 21.0 Å². The van der Waals surface area contributed by atoms with Crippen molar-refractivity contribution in [3.8, 4) is 17.6 Å². The monoisotopic (exact) mass is 512 g/mol. The number of sulfone groups is 1. The number of hydrogen-bond donors (Lipinski definition) is 1. The first-order chi connectivity index (χ1) is 16.7. The van der Waals surface area contributed by atoms with Crippen LogP contribution in [0.15, 0.2) is 59.3 Å². The lowest BCUT2D eigenvalue weighted by atomic mass is 10.1. The molecule has 0 aliphatic heterocycles. The average Bonchev–Trinajstić information content (AvgIpc) is 3.31. The predicted octanol–water partition coefficient (Wildman–Crippen LogP) is 4.03. The van der Waals surface area contributed by atoms with Crippen LogP contribution in [0.4, 0.5) is 5.13 Å². The summed E-state index contributed by atoms with van der Waals surface area (Å²) in [6.45, 7) is 5.74. The highest BCUT2D eigenvalue weighted by Crippen LogP contribution is 2.20. The van der Waals surface area contributed by atoms with Crippen molar-refractivity contribution < 1.29 is 22.7 Å². The molecule has 0 saturated carbocycles. The molecule has 0 aliphatic rings. The Labute approximate surface area is 208 Å². The number of hydrogen-bond acceptors (Lipinski definition) is 9. The van der Waals surface area contributed by atoms with E-state index >= 15 is 0 Å². The Hall–Kier alpha value is -3.75. The smallest absolute Gasteiger partial charge is 0.268 e. The zero-order valence-corrected chi connectivity index (χ0v) is 21.0. The summed E-state index contributed by atoms with van der Waals surface area (Å²) in [5.74, 6) is 0.710. The van der Waals surface area contributed by atoms with E-state index in [0.717, 1.165) is 22.8 Å². The molecule has 0 radical (unpaired) electrons. The molecule has 3 aromatic rings. The highest BCUT2D eigenvalue weighted by Gasteiger charge is 2.25. The molecule has 1 amide bonds. The van der Waals surface area contributed by atoms with E-state index in [-0.39, 0.29) is 15.9 Å². The van der Waals surface area contributed by atoms with Crippen LogP contribution in [-0.4, -0.2) is 42.1 Å². The summed E-state index contributed by atoms with van der Waals surface area (Å²) in [5, 5.41) is 10.8. The number of amides is 1. The standard InChI is InChI=1S/C24H24N4O5S2/c1-16(2)35(30,31)24-27-23(34-28-24)26-22(29)19(15-25)14-18-8-10-20(11-9-18)32-12-13-33-21-7-5-4-6-17(21)3/h4-11,14,16H,12-13H2,1-3H3,(H,26,27,28,29). The number of aryl methyl sites for hydroxylation is 1. The van der Waals surface area contributed by atoms with Gasteiger partial charge in [0.05, 0.1) is 5.25 Å². The Balaban J connectivity index is 1.57. The molecule has 0 saturated heterocycles. The number of nitriles is 1. The highest BCUT2D eigenvalue weighted by atomic mass is 32.2. The number of nitrogens with zero attached hydrogens (tertiary/aromatic N) is 3. The first kappa shape index (κ1) is 25.9. The van der Waals surface area contributed by atoms with Crippen molar-refractivity contribution in [3.63, 3.8) is 0 Å². The van der Waals surface area contributed by atoms with Gasteiger partial charge in [0.25, 0.3) is 11.1 Å². The Morgan fingerprint density at radius 2 is 1.83 bits per heavy atom. The Morgan fingerprint density at radius 3 is 2.49 bits per heavy atom. The Kier molecular flexibility index (Phi) is 8.57. The number of anilines is 1. The van der Waals surface area contributed by atoms with Gasteiger partial charge >= 0.3 is 0 Å². The van der Waals surface area contributed by atoms with Gasteiger partial charge in [0.15, 0.2) is 0 Å². The maximum atomic E-state index is 12.5. The summed E-state index contributed by atoms with van der Waals surface area (Å²) in [6.07, 6.45) is 1.41. The lowest BCUT2D eigenvalue weighted by Crippen LogP contribution is -2.16. The van der Waals surface area contributed by atoms with Crippen LogP contribution >= 0.6 is 11.5 Å². The maximum Gasteiger partial charge on any atom is 0.268 e. The molecule has 0 atom stereocenters. The van der Waals surface area contributed by atoms with E-state index in [1.54, 1.807) is 24.3 Å². The van der Waals surface area contributed by atoms with E-state index in [1.165, 1.54) is 19.9 Å². The minimum Gasteiger partial charge on any atom is -0.490 e. The van der Waals surface area contributed by atoms with E-state index in [4.69, 9.17) is 9.47 Å². The van der Waals surface area contributed by atoms with Crippen LogP contribution in [0.25, 0.3) is 6.08 Å². The fraction of sp³-hybridized carbons (Fsp3) is 0.250. The van der Waals surface area contributed by atoms with Crippen molar-refractivity contribution in [1.82, 2.24) is 9.36 Å². The van der Waals surface area contributed by atoms with Gasteiger partial charge in [0.2, 0.25) is 15.0 Å². The zero-order valence-electron chi connectivity index (χ0n) is 19.4. The summed E-state index contributed by atoms with van der Waals surface area (Å²) in [4.78, 5) is 16.3. The third-order valence-corrected chi connectivity index (χ3v) is 7.44. The van der Waals surface area contributed by atoms with Crippen molar-refractivity contribution in [3.05, 3.63) is 65.2 Å². The van der Waals surface area contributed by atoms with E-state index in [0.29, 0.717) is 24.5 Å². The van der Waals surface area contributed by atoms with Gasteiger partial charge in [-0.15, -0.1) is 0 Å². The number of nitrogens with one attached hydrogen (secondary N) is 1. The number of aromatic nitrogens is 2. The van der Waals surface area contributed by atoms with Crippen LogP contribution in [0.5, 0.6) is 11.5 Å². The predicted molar refractivity (Wildman–Crippen MR) is 133 cm³/mol. The van der Waals surface area contributed by atoms with Gasteiger partial charge in [0.1, 0.15) is 36.4 Å². The van der Waals surface area contributed by atoms with Crippen molar-refractivity contribution >= 4 is 38.5 Å². The first-order valence-electron chi connectivity index (χ1n) is 10.6. The Morgan fingerprint density at radius 1 is 1.14 bits per heavy atom. The highest BCUT2D eigenvalue weighted by molar-refractivity contribution is 7.91. The lowest BCUT2D eigenvalue weighted by molar-refractivity contribution is -0.112. The molecule has 182 valence electrons. The molecule has 0 unspecified atom stereocenters. The minimum atomic E-state index is -3.66. The summed E-state index contributed by atoms with van der Waals surface area (Å²) >= 11 is 0.731. The molecule has 0 aliphatic carbocycles. The molecule has 0 bridgehead atoms. The molecule has 11 heteroatoms. The van der Waals surface area contributed by atoms with Gasteiger partial charge in [-0.05, 0) is 56.2 Å². The van der Waals surface area contributed by atoms with Crippen LogP contribution in [0, 0.1) is 18.3 Å². The van der Waals surface area contributed by atoms with E-state index in [9.17, 15) is 18.5 Å². The molecule has 2 aromatic carbocycles. The molecule has 0 spiro atoms. The summed E-state index contributed by atoms with van der Waals surface area (Å²) in [7, 11) is -3.66. The minimum absolute atomic E-state index is 0.00737. The van der Waals surface area contributed by atoms with Crippen molar-refractivity contribution in [2.45, 2.75) is 31.2 Å². The van der Waals surface area contributed by atoms with Crippen LogP contribution in [0.1, 0.15) is 25.0 Å². The third kappa shape index (κ3) is 6.88. The molecule has 9 nitrogen and oxygen atoms in total. The van der Waals surface area contributed by atoms with E-state index in [1.807, 2.05) is 37.3 Å². The molecule has 3 rings (SSSR count). The zero-order chi connectivity index (χ0) is 25.4. The average molecular weight is 513 g/mol. The molecular weight excluding hydrogens is 488 g/mol. The molecule has 1 N–H and O–H groups in total. The van der Waals surface area contributed by atoms with Crippen molar-refractivity contribution in [2.24, 2.45) is 0 Å². The molecule has 1 heterocycles. The largest absolute Gasteiger partial charge is 0.490 e. The van der Waals surface area contributed by atoms with Crippen molar-refractivity contribution in [2.75, 3.05) is 18.5 Å². The van der Waals surface area contributed by atoms with Gasteiger partial charge in [0, 0.05) is 11.5 Å². The van der Waals surface area contributed by atoms with Gasteiger partial charge in [-0.2, -0.15) is 14.6 Å². The van der Waals surface area contributed by atoms with Gasteiger partial charge < -0.3 is 9.47 Å². The topological polar surface area (TPSA) is 131 Å². The lowest BCUT2D eigenvalue weighted by Gasteiger charge is -2.10. The van der Waals surface area contributed by atoms with Crippen LogP contribution in [-0.2, 0) is 14.6 Å². The number of carbonyl (C=O) groups is 1. The van der Waals surface area contributed by atoms with Crippen molar-refractivity contribution in [1.29, 1.82) is 5.26 Å². The van der Waals surface area contributed by atoms with E-state index in [2.05, 4.69) is 14.7 Å².